The Kier molecular flexibility index (Phi) is 5.61. The third-order valence-electron chi connectivity index (χ3n) is 3.89. The zero-order valence-corrected chi connectivity index (χ0v) is 14.8. The number of halogens is 4. The second-order valence-corrected chi connectivity index (χ2v) is 6.67. The molecule has 1 N–H and O–H groups in total. The zero-order chi connectivity index (χ0) is 18.0. The number of methoxy groups -OCH3 is 1. The van der Waals surface area contributed by atoms with Crippen molar-refractivity contribution in [1.29, 1.82) is 0 Å². The third-order valence-corrected chi connectivity index (χ3v) is 5.14. The van der Waals surface area contributed by atoms with Crippen molar-refractivity contribution in [3.05, 3.63) is 46.9 Å². The standard InChI is InChI=1S/C16H15ClF3N3OS/c1-24-9-5-6-23(8-9)11-7-10(18)16(15(20)14(11)17)25-22-13-4-2-3-12(19)21-13/h2-4,7,9H,5-6,8H2,1H3,(H,21,22). The lowest BCUT2D eigenvalue weighted by atomic mass is 10.2. The van der Waals surface area contributed by atoms with Crippen LogP contribution < -0.4 is 9.62 Å². The first-order valence-corrected chi connectivity index (χ1v) is 8.69. The quantitative estimate of drug-likeness (QED) is 0.463. The van der Waals surface area contributed by atoms with E-state index in [1.807, 2.05) is 0 Å². The Morgan fingerprint density at radius 2 is 2.16 bits per heavy atom. The van der Waals surface area contributed by atoms with Crippen LogP contribution in [-0.4, -0.2) is 31.3 Å². The molecule has 2 aromatic rings. The molecule has 1 aliphatic rings. The Morgan fingerprint density at radius 1 is 1.36 bits per heavy atom. The van der Waals surface area contributed by atoms with Gasteiger partial charge in [0.25, 0.3) is 0 Å². The van der Waals surface area contributed by atoms with Crippen LogP contribution in [0.3, 0.4) is 0 Å². The summed E-state index contributed by atoms with van der Waals surface area (Å²) in [5.41, 5.74) is 0.296. The summed E-state index contributed by atoms with van der Waals surface area (Å²) in [6.07, 6.45) is 0.774. The number of anilines is 2. The van der Waals surface area contributed by atoms with Crippen LogP contribution in [0.5, 0.6) is 0 Å². The minimum atomic E-state index is -0.869. The van der Waals surface area contributed by atoms with Gasteiger partial charge >= 0.3 is 0 Å². The summed E-state index contributed by atoms with van der Waals surface area (Å²) in [7, 11) is 1.60. The lowest BCUT2D eigenvalue weighted by molar-refractivity contribution is 0.121. The van der Waals surface area contributed by atoms with Crippen LogP contribution in [0.1, 0.15) is 6.42 Å². The first kappa shape index (κ1) is 18.2. The zero-order valence-electron chi connectivity index (χ0n) is 13.2. The van der Waals surface area contributed by atoms with E-state index in [4.69, 9.17) is 16.3 Å². The first-order valence-electron chi connectivity index (χ1n) is 7.50. The first-order chi connectivity index (χ1) is 12.0. The normalized spacial score (nSPS) is 17.2. The molecule has 0 saturated carbocycles. The lowest BCUT2D eigenvalue weighted by Gasteiger charge is -2.21. The summed E-state index contributed by atoms with van der Waals surface area (Å²) in [6, 6.07) is 5.29. The van der Waals surface area contributed by atoms with Crippen molar-refractivity contribution in [2.45, 2.75) is 17.4 Å². The molecule has 25 heavy (non-hydrogen) atoms. The molecular formula is C16H15ClF3N3OS. The van der Waals surface area contributed by atoms with Gasteiger partial charge < -0.3 is 14.4 Å². The van der Waals surface area contributed by atoms with Crippen molar-refractivity contribution in [1.82, 2.24) is 4.98 Å². The molecule has 0 bridgehead atoms. The predicted molar refractivity (Wildman–Crippen MR) is 92.7 cm³/mol. The van der Waals surface area contributed by atoms with Crippen molar-refractivity contribution >= 4 is 35.1 Å². The van der Waals surface area contributed by atoms with Gasteiger partial charge in [-0.25, -0.2) is 13.8 Å². The molecule has 1 fully saturated rings. The molecule has 1 unspecified atom stereocenters. The number of hydrogen-bond donors (Lipinski definition) is 1. The molecular weight excluding hydrogens is 375 g/mol. The highest BCUT2D eigenvalue weighted by atomic mass is 35.5. The van der Waals surface area contributed by atoms with Gasteiger partial charge in [0.15, 0.2) is 5.82 Å². The average Bonchev–Trinajstić information content (AvgIpc) is 3.07. The Hall–Kier alpha value is -1.64. The largest absolute Gasteiger partial charge is 0.380 e. The lowest BCUT2D eigenvalue weighted by Crippen LogP contribution is -2.23. The van der Waals surface area contributed by atoms with Crippen molar-refractivity contribution in [3.8, 4) is 0 Å². The summed E-state index contributed by atoms with van der Waals surface area (Å²) in [5.74, 6) is -2.17. The van der Waals surface area contributed by atoms with Gasteiger partial charge in [-0.05, 0) is 30.5 Å². The number of ether oxygens (including phenoxy) is 1. The Labute approximate surface area is 152 Å². The molecule has 1 aliphatic heterocycles. The van der Waals surface area contributed by atoms with Gasteiger partial charge in [-0.2, -0.15) is 4.39 Å². The van der Waals surface area contributed by atoms with Crippen LogP contribution in [0.25, 0.3) is 0 Å². The van der Waals surface area contributed by atoms with Crippen molar-refractivity contribution in [2.75, 3.05) is 29.8 Å². The Bertz CT molecular complexity index is 781. The van der Waals surface area contributed by atoms with Crippen LogP contribution in [0, 0.1) is 17.6 Å². The number of benzene rings is 1. The predicted octanol–water partition coefficient (Wildman–Crippen LogP) is 4.50. The fraction of sp³-hybridized carbons (Fsp3) is 0.312. The van der Waals surface area contributed by atoms with Crippen LogP contribution in [0.15, 0.2) is 29.2 Å². The van der Waals surface area contributed by atoms with Crippen LogP contribution in [0.2, 0.25) is 5.02 Å². The van der Waals surface area contributed by atoms with Crippen molar-refractivity contribution < 1.29 is 17.9 Å². The molecule has 1 saturated heterocycles. The molecule has 1 aromatic carbocycles. The summed E-state index contributed by atoms with van der Waals surface area (Å²) >= 11 is 6.76. The number of pyridine rings is 1. The van der Waals surface area contributed by atoms with Crippen molar-refractivity contribution in [2.24, 2.45) is 0 Å². The summed E-state index contributed by atoms with van der Waals surface area (Å²) in [4.78, 5) is 5.06. The van der Waals surface area contributed by atoms with E-state index in [0.717, 1.165) is 6.42 Å². The fourth-order valence-electron chi connectivity index (χ4n) is 2.60. The monoisotopic (exact) mass is 389 g/mol. The molecule has 3 rings (SSSR count). The third kappa shape index (κ3) is 3.96. The van der Waals surface area contributed by atoms with Gasteiger partial charge in [0.05, 0.1) is 11.8 Å². The SMILES string of the molecule is COC1CCN(c2cc(F)c(SNc3cccc(F)n3)c(F)c2Cl)C1. The highest BCUT2D eigenvalue weighted by Gasteiger charge is 2.27. The minimum Gasteiger partial charge on any atom is -0.380 e. The molecule has 0 amide bonds. The molecule has 0 radical (unpaired) electrons. The minimum absolute atomic E-state index is 0.0111. The van der Waals surface area contributed by atoms with E-state index in [9.17, 15) is 13.2 Å². The Morgan fingerprint density at radius 3 is 2.84 bits per heavy atom. The highest BCUT2D eigenvalue weighted by molar-refractivity contribution is 8.00. The highest BCUT2D eigenvalue weighted by Crippen LogP contribution is 2.38. The maximum absolute atomic E-state index is 14.6. The number of nitrogens with one attached hydrogen (secondary N) is 1. The van der Waals surface area contributed by atoms with E-state index >= 15 is 0 Å². The smallest absolute Gasteiger partial charge is 0.214 e. The molecule has 0 aliphatic carbocycles. The molecule has 4 nitrogen and oxygen atoms in total. The van der Waals surface area contributed by atoms with E-state index in [0.29, 0.717) is 30.7 Å². The van der Waals surface area contributed by atoms with Crippen LogP contribution in [-0.2, 0) is 4.74 Å². The number of rotatable bonds is 5. The molecule has 0 spiro atoms. The van der Waals surface area contributed by atoms with E-state index in [1.165, 1.54) is 24.3 Å². The maximum Gasteiger partial charge on any atom is 0.214 e. The van der Waals surface area contributed by atoms with Gasteiger partial charge in [0.1, 0.15) is 21.6 Å². The van der Waals surface area contributed by atoms with Crippen molar-refractivity contribution in [3.63, 3.8) is 0 Å². The molecule has 9 heteroatoms. The molecule has 134 valence electrons. The van der Waals surface area contributed by atoms with E-state index < -0.39 is 17.6 Å². The average molecular weight is 390 g/mol. The Balaban J connectivity index is 1.80. The number of hydrogen-bond acceptors (Lipinski definition) is 5. The van der Waals surface area contributed by atoms with Gasteiger partial charge in [0.2, 0.25) is 5.95 Å². The molecule has 2 heterocycles. The summed E-state index contributed by atoms with van der Waals surface area (Å²) < 4.78 is 49.9. The summed E-state index contributed by atoms with van der Waals surface area (Å²) in [5, 5.41) is -0.158. The van der Waals surface area contributed by atoms with E-state index in [2.05, 4.69) is 9.71 Å². The fourth-order valence-corrected chi connectivity index (χ4v) is 3.59. The molecule has 1 atom stereocenters. The second-order valence-electron chi connectivity index (χ2n) is 5.48. The molecule has 1 aromatic heterocycles. The van der Waals surface area contributed by atoms with Crippen LogP contribution in [0.4, 0.5) is 24.7 Å². The van der Waals surface area contributed by atoms with Gasteiger partial charge in [-0.3, -0.25) is 0 Å². The van der Waals surface area contributed by atoms with Gasteiger partial charge in [-0.1, -0.05) is 17.7 Å². The second kappa shape index (κ2) is 7.72. The van der Waals surface area contributed by atoms with Crippen LogP contribution >= 0.6 is 23.5 Å². The van der Waals surface area contributed by atoms with E-state index in [-0.39, 0.29) is 21.8 Å². The number of nitrogens with zero attached hydrogens (tertiary/aromatic N) is 2. The topological polar surface area (TPSA) is 37.4 Å². The van der Waals surface area contributed by atoms with Gasteiger partial charge in [-0.15, -0.1) is 0 Å². The summed E-state index contributed by atoms with van der Waals surface area (Å²) in [6.45, 7) is 1.13. The maximum atomic E-state index is 14.6. The van der Waals surface area contributed by atoms with Gasteiger partial charge in [0, 0.05) is 26.3 Å². The van der Waals surface area contributed by atoms with E-state index in [1.54, 1.807) is 12.0 Å². The number of aromatic nitrogens is 1.